The summed E-state index contributed by atoms with van der Waals surface area (Å²) in [7, 11) is 0. The lowest BCUT2D eigenvalue weighted by molar-refractivity contribution is -0.384. The van der Waals surface area contributed by atoms with Crippen molar-refractivity contribution in [1.29, 1.82) is 0 Å². The zero-order valence-electron chi connectivity index (χ0n) is 16.7. The summed E-state index contributed by atoms with van der Waals surface area (Å²) in [6.07, 6.45) is 3.17. The van der Waals surface area contributed by atoms with Gasteiger partial charge in [-0.25, -0.2) is 4.79 Å². The van der Waals surface area contributed by atoms with E-state index in [1.54, 1.807) is 18.2 Å². The number of nitro groups is 1. The molecule has 0 saturated heterocycles. The minimum Gasteiger partial charge on any atom is -0.494 e. The molecule has 31 heavy (non-hydrogen) atoms. The van der Waals surface area contributed by atoms with Gasteiger partial charge in [0.1, 0.15) is 11.5 Å². The van der Waals surface area contributed by atoms with E-state index in [1.807, 2.05) is 31.2 Å². The summed E-state index contributed by atoms with van der Waals surface area (Å²) < 4.78 is 10.6. The third kappa shape index (κ3) is 5.86. The molecule has 0 N–H and O–H groups in total. The molecule has 0 aliphatic rings. The van der Waals surface area contributed by atoms with Crippen molar-refractivity contribution in [2.24, 2.45) is 0 Å². The Balaban J connectivity index is 1.60. The maximum Gasteiger partial charge on any atom is 0.343 e. The summed E-state index contributed by atoms with van der Waals surface area (Å²) in [6, 6.07) is 18.6. The molecule has 0 radical (unpaired) electrons. The molecule has 0 heterocycles. The molecule has 0 fully saturated rings. The van der Waals surface area contributed by atoms with Gasteiger partial charge in [0.25, 0.3) is 5.69 Å². The Morgan fingerprint density at radius 2 is 1.45 bits per heavy atom. The number of nitrogens with zero attached hydrogens (tertiary/aromatic N) is 1. The first-order valence-electron chi connectivity index (χ1n) is 9.48. The number of benzene rings is 3. The van der Waals surface area contributed by atoms with E-state index in [4.69, 9.17) is 9.47 Å². The second kappa shape index (κ2) is 9.98. The number of carbonyl (C=O) groups is 2. The predicted molar refractivity (Wildman–Crippen MR) is 115 cm³/mol. The molecule has 7 heteroatoms. The Bertz CT molecular complexity index is 1100. The normalized spacial score (nSPS) is 10.6. The van der Waals surface area contributed by atoms with Crippen LogP contribution >= 0.6 is 0 Å². The van der Waals surface area contributed by atoms with Crippen LogP contribution in [0, 0.1) is 10.1 Å². The Morgan fingerprint density at radius 3 is 2.03 bits per heavy atom. The molecular formula is C24H19NO6. The predicted octanol–water partition coefficient (Wildman–Crippen LogP) is 5.11. The van der Waals surface area contributed by atoms with Gasteiger partial charge in [0.15, 0.2) is 5.78 Å². The van der Waals surface area contributed by atoms with E-state index in [-0.39, 0.29) is 22.8 Å². The monoisotopic (exact) mass is 417 g/mol. The van der Waals surface area contributed by atoms with Crippen molar-refractivity contribution in [2.45, 2.75) is 6.92 Å². The quantitative estimate of drug-likeness (QED) is 0.126. The van der Waals surface area contributed by atoms with E-state index in [9.17, 15) is 19.7 Å². The number of carbonyl (C=O) groups excluding carboxylic acids is 2. The van der Waals surface area contributed by atoms with Gasteiger partial charge in [-0.1, -0.05) is 18.2 Å². The summed E-state index contributed by atoms with van der Waals surface area (Å²) in [4.78, 5) is 34.6. The van der Waals surface area contributed by atoms with Crippen molar-refractivity contribution in [3.63, 3.8) is 0 Å². The molecule has 0 amide bonds. The van der Waals surface area contributed by atoms with Crippen LogP contribution in [0.4, 0.5) is 5.69 Å². The molecule has 0 aliphatic carbocycles. The number of allylic oxidation sites excluding steroid dienone is 1. The molecule has 0 aromatic heterocycles. The highest BCUT2D eigenvalue weighted by Gasteiger charge is 2.12. The van der Waals surface area contributed by atoms with Crippen LogP contribution in [-0.4, -0.2) is 23.3 Å². The van der Waals surface area contributed by atoms with Gasteiger partial charge in [-0.05, 0) is 67.1 Å². The van der Waals surface area contributed by atoms with E-state index in [0.29, 0.717) is 12.2 Å². The molecule has 7 nitrogen and oxygen atoms in total. The second-order valence-electron chi connectivity index (χ2n) is 6.42. The molecule has 0 aliphatic heterocycles. The highest BCUT2D eigenvalue weighted by Crippen LogP contribution is 2.18. The lowest BCUT2D eigenvalue weighted by Crippen LogP contribution is -2.08. The molecule has 3 rings (SSSR count). The van der Waals surface area contributed by atoms with Crippen molar-refractivity contribution in [3.05, 3.63) is 106 Å². The molecule has 3 aromatic carbocycles. The van der Waals surface area contributed by atoms with Crippen molar-refractivity contribution < 1.29 is 24.0 Å². The van der Waals surface area contributed by atoms with Gasteiger partial charge in [-0.3, -0.25) is 14.9 Å². The fraction of sp³-hybridized carbons (Fsp3) is 0.0833. The third-order valence-corrected chi connectivity index (χ3v) is 4.28. The Labute approximate surface area is 178 Å². The van der Waals surface area contributed by atoms with Crippen LogP contribution in [0.1, 0.15) is 33.2 Å². The zero-order chi connectivity index (χ0) is 22.2. The van der Waals surface area contributed by atoms with Gasteiger partial charge in [-0.15, -0.1) is 0 Å². The zero-order valence-corrected chi connectivity index (χ0v) is 16.7. The first kappa shape index (κ1) is 21.4. The van der Waals surface area contributed by atoms with Crippen molar-refractivity contribution >= 4 is 23.5 Å². The highest BCUT2D eigenvalue weighted by molar-refractivity contribution is 6.06. The Kier molecular flexibility index (Phi) is 6.90. The lowest BCUT2D eigenvalue weighted by atomic mass is 10.1. The summed E-state index contributed by atoms with van der Waals surface area (Å²) in [5.74, 6) is 0.187. The van der Waals surface area contributed by atoms with Gasteiger partial charge < -0.3 is 9.47 Å². The molecule has 0 atom stereocenters. The standard InChI is InChI=1S/C24H19NO6/c1-2-30-21-12-3-17(4-13-21)5-16-23(26)18-8-14-22(15-9-18)31-24(27)19-6-10-20(11-7-19)25(28)29/h3-16H,2H2,1H3. The Hall–Kier alpha value is -4.26. The summed E-state index contributed by atoms with van der Waals surface area (Å²) in [6.45, 7) is 2.50. The number of ketones is 1. The number of ether oxygens (including phenoxy) is 2. The smallest absolute Gasteiger partial charge is 0.343 e. The molecule has 0 unspecified atom stereocenters. The lowest BCUT2D eigenvalue weighted by Gasteiger charge is -2.05. The molecule has 3 aromatic rings. The fourth-order valence-electron chi connectivity index (χ4n) is 2.68. The molecule has 0 spiro atoms. The van der Waals surface area contributed by atoms with E-state index in [2.05, 4.69) is 0 Å². The number of rotatable bonds is 8. The van der Waals surface area contributed by atoms with Crippen molar-refractivity contribution in [2.75, 3.05) is 6.61 Å². The maximum absolute atomic E-state index is 12.4. The molecule has 156 valence electrons. The summed E-state index contributed by atoms with van der Waals surface area (Å²) >= 11 is 0. The number of hydrogen-bond donors (Lipinski definition) is 0. The van der Waals surface area contributed by atoms with Crippen molar-refractivity contribution in [1.82, 2.24) is 0 Å². The van der Waals surface area contributed by atoms with Crippen LogP contribution in [-0.2, 0) is 0 Å². The minimum atomic E-state index is -0.649. The fourth-order valence-corrected chi connectivity index (χ4v) is 2.68. The first-order valence-corrected chi connectivity index (χ1v) is 9.48. The molecule has 0 bridgehead atoms. The van der Waals surface area contributed by atoms with Gasteiger partial charge in [0.2, 0.25) is 0 Å². The second-order valence-corrected chi connectivity index (χ2v) is 6.42. The maximum atomic E-state index is 12.4. The first-order chi connectivity index (χ1) is 15.0. The van der Waals surface area contributed by atoms with Gasteiger partial charge in [0.05, 0.1) is 17.1 Å². The van der Waals surface area contributed by atoms with Crippen LogP contribution in [0.5, 0.6) is 11.5 Å². The van der Waals surface area contributed by atoms with Crippen LogP contribution in [0.2, 0.25) is 0 Å². The largest absolute Gasteiger partial charge is 0.494 e. The average Bonchev–Trinajstić information content (AvgIpc) is 2.79. The topological polar surface area (TPSA) is 95.7 Å². The van der Waals surface area contributed by atoms with E-state index >= 15 is 0 Å². The molecular weight excluding hydrogens is 398 g/mol. The van der Waals surface area contributed by atoms with Crippen LogP contribution < -0.4 is 9.47 Å². The minimum absolute atomic E-state index is 0.113. The van der Waals surface area contributed by atoms with E-state index in [1.165, 1.54) is 42.5 Å². The Morgan fingerprint density at radius 1 is 0.871 bits per heavy atom. The highest BCUT2D eigenvalue weighted by atomic mass is 16.6. The van der Waals surface area contributed by atoms with E-state index < -0.39 is 10.9 Å². The van der Waals surface area contributed by atoms with Gasteiger partial charge in [0, 0.05) is 17.7 Å². The summed E-state index contributed by atoms with van der Waals surface area (Å²) in [5, 5.41) is 10.7. The number of esters is 1. The number of hydrogen-bond acceptors (Lipinski definition) is 6. The number of nitro benzene ring substituents is 1. The van der Waals surface area contributed by atoms with Gasteiger partial charge >= 0.3 is 5.97 Å². The van der Waals surface area contributed by atoms with E-state index in [0.717, 1.165) is 11.3 Å². The van der Waals surface area contributed by atoms with Crippen molar-refractivity contribution in [3.8, 4) is 11.5 Å². The summed E-state index contributed by atoms with van der Waals surface area (Å²) in [5.41, 5.74) is 1.38. The van der Waals surface area contributed by atoms with Crippen LogP contribution in [0.3, 0.4) is 0 Å². The molecule has 0 saturated carbocycles. The SMILES string of the molecule is CCOc1ccc(C=CC(=O)c2ccc(OC(=O)c3ccc([N+](=O)[O-])cc3)cc2)cc1. The number of non-ortho nitro benzene ring substituents is 1. The van der Waals surface area contributed by atoms with Gasteiger partial charge in [-0.2, -0.15) is 0 Å². The third-order valence-electron chi connectivity index (χ3n) is 4.28. The van der Waals surface area contributed by atoms with Crippen LogP contribution in [0.25, 0.3) is 6.08 Å². The average molecular weight is 417 g/mol. The van der Waals surface area contributed by atoms with Crippen LogP contribution in [0.15, 0.2) is 78.9 Å².